The number of carbonyl (C=O) groups is 1. The highest BCUT2D eigenvalue weighted by molar-refractivity contribution is 7.55. The lowest BCUT2D eigenvalue weighted by molar-refractivity contribution is -0.118. The van der Waals surface area contributed by atoms with E-state index in [9.17, 15) is 9.36 Å². The summed E-state index contributed by atoms with van der Waals surface area (Å²) < 4.78 is 23.4. The Labute approximate surface area is 174 Å². The van der Waals surface area contributed by atoms with Crippen molar-refractivity contribution in [3.05, 3.63) is 0 Å². The van der Waals surface area contributed by atoms with Crippen molar-refractivity contribution in [1.82, 2.24) is 0 Å². The monoisotopic (exact) mass is 419 g/mol. The van der Waals surface area contributed by atoms with Crippen molar-refractivity contribution in [1.29, 1.82) is 0 Å². The minimum Gasteiger partial charge on any atom is -0.369 e. The van der Waals surface area contributed by atoms with Crippen molar-refractivity contribution < 1.29 is 18.4 Å². The van der Waals surface area contributed by atoms with E-state index in [1.165, 1.54) is 70.6 Å². The molecule has 0 heterocycles. The van der Waals surface area contributed by atoms with E-state index in [1.54, 1.807) is 13.8 Å². The summed E-state index contributed by atoms with van der Waals surface area (Å²) in [7, 11) is -3.45. The molecule has 0 aliphatic rings. The van der Waals surface area contributed by atoms with Gasteiger partial charge in [0.1, 0.15) is 5.66 Å². The zero-order valence-corrected chi connectivity index (χ0v) is 19.7. The fourth-order valence-electron chi connectivity index (χ4n) is 3.57. The average Bonchev–Trinajstić information content (AvgIpc) is 2.65. The highest BCUT2D eigenvalue weighted by Crippen LogP contribution is 2.54. The van der Waals surface area contributed by atoms with Gasteiger partial charge < -0.3 is 14.8 Å². The quantitative estimate of drug-likeness (QED) is 0.161. The summed E-state index contributed by atoms with van der Waals surface area (Å²) in [4.78, 5) is 11.8. The Bertz CT molecular complexity index is 407. The predicted molar refractivity (Wildman–Crippen MR) is 119 cm³/mol. The molecule has 6 heteroatoms. The maximum atomic E-state index is 12.8. The van der Waals surface area contributed by atoms with E-state index in [1.807, 2.05) is 0 Å². The standard InChI is InChI=1S/C22H46NO4P/c1-4-7-8-9-10-11-12-13-14-15-16-17-18-19-20-21(22(23)24)28(25,26-5-2)27-6-3/h21H,4-20H2,1-3H3,(H2,23,24). The summed E-state index contributed by atoms with van der Waals surface area (Å²) in [5, 5.41) is 0. The lowest BCUT2D eigenvalue weighted by Crippen LogP contribution is -2.30. The van der Waals surface area contributed by atoms with Gasteiger partial charge in [-0.15, -0.1) is 0 Å². The molecule has 0 saturated carbocycles. The zero-order valence-electron chi connectivity index (χ0n) is 18.8. The third kappa shape index (κ3) is 13.7. The molecular weight excluding hydrogens is 373 g/mol. The van der Waals surface area contributed by atoms with Crippen molar-refractivity contribution in [2.75, 3.05) is 13.2 Å². The third-order valence-electron chi connectivity index (χ3n) is 5.16. The Morgan fingerprint density at radius 2 is 1.07 bits per heavy atom. The van der Waals surface area contributed by atoms with Crippen molar-refractivity contribution >= 4 is 13.5 Å². The van der Waals surface area contributed by atoms with Crippen LogP contribution in [0, 0.1) is 0 Å². The molecule has 0 aliphatic carbocycles. The lowest BCUT2D eigenvalue weighted by atomic mass is 10.0. The molecule has 2 N–H and O–H groups in total. The van der Waals surface area contributed by atoms with Crippen LogP contribution in [0.2, 0.25) is 0 Å². The summed E-state index contributed by atoms with van der Waals surface area (Å²) in [5.41, 5.74) is 4.64. The molecule has 1 unspecified atom stereocenters. The number of hydrogen-bond acceptors (Lipinski definition) is 4. The Morgan fingerprint density at radius 3 is 1.39 bits per heavy atom. The number of rotatable bonds is 21. The molecule has 0 spiro atoms. The van der Waals surface area contributed by atoms with Crippen LogP contribution in [0.1, 0.15) is 117 Å². The number of carbonyl (C=O) groups excluding carboxylic acids is 1. The van der Waals surface area contributed by atoms with Crippen LogP contribution < -0.4 is 5.73 Å². The van der Waals surface area contributed by atoms with E-state index in [4.69, 9.17) is 14.8 Å². The van der Waals surface area contributed by atoms with Crippen LogP contribution in [0.25, 0.3) is 0 Å². The first-order valence-corrected chi connectivity index (χ1v) is 13.3. The normalized spacial score (nSPS) is 13.0. The van der Waals surface area contributed by atoms with Crippen LogP contribution >= 0.6 is 7.60 Å². The number of nitrogens with two attached hydrogens (primary N) is 1. The molecule has 0 aliphatic heterocycles. The number of hydrogen-bond donors (Lipinski definition) is 1. The average molecular weight is 420 g/mol. The first kappa shape index (κ1) is 27.6. The van der Waals surface area contributed by atoms with Gasteiger partial charge >= 0.3 is 7.60 Å². The first-order chi connectivity index (χ1) is 13.5. The molecular formula is C22H46NO4P. The number of unbranched alkanes of at least 4 members (excludes halogenated alkanes) is 13. The van der Waals surface area contributed by atoms with Crippen molar-refractivity contribution in [3.63, 3.8) is 0 Å². The van der Waals surface area contributed by atoms with Crippen molar-refractivity contribution in [2.45, 2.75) is 123 Å². The molecule has 1 amide bonds. The van der Waals surface area contributed by atoms with Gasteiger partial charge in [0.25, 0.3) is 0 Å². The summed E-state index contributed by atoms with van der Waals surface area (Å²) in [6.45, 7) is 6.25. The van der Waals surface area contributed by atoms with Gasteiger partial charge in [0.2, 0.25) is 5.91 Å². The molecule has 0 aromatic carbocycles. The fraction of sp³-hybridized carbons (Fsp3) is 0.955. The Balaban J connectivity index is 3.76. The molecule has 0 rings (SSSR count). The maximum absolute atomic E-state index is 12.8. The second kappa shape index (κ2) is 18.6. The van der Waals surface area contributed by atoms with Crippen LogP contribution in [-0.4, -0.2) is 24.8 Å². The first-order valence-electron chi connectivity index (χ1n) is 11.7. The smallest absolute Gasteiger partial charge is 0.343 e. The second-order valence-electron chi connectivity index (χ2n) is 7.68. The van der Waals surface area contributed by atoms with Crippen LogP contribution in [0.5, 0.6) is 0 Å². The largest absolute Gasteiger partial charge is 0.369 e. The number of amides is 1. The summed E-state index contributed by atoms with van der Waals surface area (Å²) in [5.74, 6) is -0.583. The highest BCUT2D eigenvalue weighted by Gasteiger charge is 2.39. The van der Waals surface area contributed by atoms with Crippen LogP contribution in [-0.2, 0) is 18.4 Å². The highest BCUT2D eigenvalue weighted by atomic mass is 31.2. The van der Waals surface area contributed by atoms with E-state index in [-0.39, 0.29) is 13.2 Å². The van der Waals surface area contributed by atoms with E-state index >= 15 is 0 Å². The Hall–Kier alpha value is -0.380. The van der Waals surface area contributed by atoms with Gasteiger partial charge in [0, 0.05) is 0 Å². The van der Waals surface area contributed by atoms with E-state index < -0.39 is 19.2 Å². The van der Waals surface area contributed by atoms with Crippen LogP contribution in [0.3, 0.4) is 0 Å². The van der Waals surface area contributed by atoms with E-state index in [0.29, 0.717) is 6.42 Å². The summed E-state index contributed by atoms with van der Waals surface area (Å²) >= 11 is 0. The van der Waals surface area contributed by atoms with Crippen molar-refractivity contribution in [2.24, 2.45) is 5.73 Å². The van der Waals surface area contributed by atoms with Gasteiger partial charge in [0.05, 0.1) is 13.2 Å². The predicted octanol–water partition coefficient (Wildman–Crippen LogP) is 6.98. The fourth-order valence-corrected chi connectivity index (χ4v) is 5.53. The van der Waals surface area contributed by atoms with Gasteiger partial charge in [-0.2, -0.15) is 0 Å². The SMILES string of the molecule is CCCCCCCCCCCCCCCCC(C(N)=O)P(=O)(OCC)OCC. The van der Waals surface area contributed by atoms with Gasteiger partial charge in [-0.05, 0) is 20.3 Å². The Kier molecular flexibility index (Phi) is 18.4. The minimum absolute atomic E-state index is 0.250. The van der Waals surface area contributed by atoms with Gasteiger partial charge in [-0.3, -0.25) is 9.36 Å². The summed E-state index contributed by atoms with van der Waals surface area (Å²) in [6.07, 6.45) is 18.3. The molecule has 0 aromatic rings. The van der Waals surface area contributed by atoms with Crippen LogP contribution in [0.4, 0.5) is 0 Å². The second-order valence-corrected chi connectivity index (χ2v) is 9.90. The topological polar surface area (TPSA) is 78.6 Å². The Morgan fingerprint density at radius 1 is 0.714 bits per heavy atom. The molecule has 5 nitrogen and oxygen atoms in total. The van der Waals surface area contributed by atoms with E-state index in [2.05, 4.69) is 6.92 Å². The lowest BCUT2D eigenvalue weighted by Gasteiger charge is -2.23. The minimum atomic E-state index is -3.45. The molecule has 0 bridgehead atoms. The molecule has 0 aromatic heterocycles. The van der Waals surface area contributed by atoms with Gasteiger partial charge in [0.15, 0.2) is 0 Å². The molecule has 0 saturated heterocycles. The van der Waals surface area contributed by atoms with E-state index in [0.717, 1.165) is 19.3 Å². The number of primary amides is 1. The summed E-state index contributed by atoms with van der Waals surface area (Å²) in [6, 6.07) is 0. The third-order valence-corrected chi connectivity index (χ3v) is 7.67. The molecule has 168 valence electrons. The molecule has 0 fully saturated rings. The molecule has 0 radical (unpaired) electrons. The molecule has 1 atom stereocenters. The van der Waals surface area contributed by atoms with Gasteiger partial charge in [-0.1, -0.05) is 96.8 Å². The van der Waals surface area contributed by atoms with Crippen LogP contribution in [0.15, 0.2) is 0 Å². The zero-order chi connectivity index (χ0) is 21.1. The maximum Gasteiger partial charge on any atom is 0.343 e. The van der Waals surface area contributed by atoms with Crippen molar-refractivity contribution in [3.8, 4) is 0 Å². The molecule has 28 heavy (non-hydrogen) atoms. The van der Waals surface area contributed by atoms with Gasteiger partial charge in [-0.25, -0.2) is 0 Å².